The maximum Gasteiger partial charge on any atom is 0.188 e. The van der Waals surface area contributed by atoms with Crippen molar-refractivity contribution >= 4 is 16.8 Å². The minimum absolute atomic E-state index is 0.213. The quantitative estimate of drug-likeness (QED) is 0.749. The van der Waals surface area contributed by atoms with Crippen molar-refractivity contribution in [3.63, 3.8) is 0 Å². The molecule has 0 bridgehead atoms. The molecule has 0 saturated carbocycles. The molecule has 116 valence electrons. The first-order valence-electron chi connectivity index (χ1n) is 7.41. The van der Waals surface area contributed by atoms with E-state index in [0.717, 1.165) is 46.1 Å². The molecule has 0 atom stereocenters. The van der Waals surface area contributed by atoms with E-state index >= 15 is 0 Å². The van der Waals surface area contributed by atoms with Gasteiger partial charge >= 0.3 is 0 Å². The largest absolute Gasteiger partial charge is 0.467 e. The van der Waals surface area contributed by atoms with Gasteiger partial charge in [-0.3, -0.25) is 0 Å². The number of fused-ring (bicyclic) bond motifs is 2. The van der Waals surface area contributed by atoms with E-state index in [2.05, 4.69) is 9.97 Å². The zero-order valence-corrected chi connectivity index (χ0v) is 12.7. The molecule has 0 amide bonds. The van der Waals surface area contributed by atoms with Crippen molar-refractivity contribution in [2.75, 3.05) is 13.9 Å². The summed E-state index contributed by atoms with van der Waals surface area (Å²) in [5.74, 6) is 2.98. The highest BCUT2D eigenvalue weighted by molar-refractivity contribution is 5.78. The first-order valence-corrected chi connectivity index (χ1v) is 7.41. The van der Waals surface area contributed by atoms with Crippen LogP contribution in [0.2, 0.25) is 0 Å². The van der Waals surface area contributed by atoms with E-state index < -0.39 is 0 Å². The fourth-order valence-electron chi connectivity index (χ4n) is 2.59. The minimum atomic E-state index is 0.213. The van der Waals surface area contributed by atoms with Crippen molar-refractivity contribution in [1.29, 1.82) is 0 Å². The lowest BCUT2D eigenvalue weighted by Crippen LogP contribution is -2.06. The van der Waals surface area contributed by atoms with Crippen LogP contribution in [0.4, 0.5) is 0 Å². The number of H-pyrrole nitrogens is 1. The zero-order valence-electron chi connectivity index (χ0n) is 12.7. The fourth-order valence-corrected chi connectivity index (χ4v) is 2.59. The number of rotatable bonds is 4. The van der Waals surface area contributed by atoms with Gasteiger partial charge in [-0.05, 0) is 36.3 Å². The molecule has 2 heterocycles. The lowest BCUT2D eigenvalue weighted by Gasteiger charge is -2.18. The molecule has 0 saturated heterocycles. The summed E-state index contributed by atoms with van der Waals surface area (Å²) in [6.45, 7) is 0.213. The van der Waals surface area contributed by atoms with Crippen molar-refractivity contribution in [1.82, 2.24) is 9.97 Å². The van der Waals surface area contributed by atoms with Crippen LogP contribution in [0.15, 0.2) is 48.5 Å². The number of methoxy groups -OCH3 is 1. The van der Waals surface area contributed by atoms with E-state index in [1.807, 2.05) is 48.5 Å². The average Bonchev–Trinajstić information content (AvgIpc) is 3.03. The van der Waals surface area contributed by atoms with Crippen LogP contribution in [0.5, 0.6) is 11.5 Å². The van der Waals surface area contributed by atoms with Gasteiger partial charge in [-0.2, -0.15) is 0 Å². The van der Waals surface area contributed by atoms with Crippen LogP contribution in [0.3, 0.4) is 0 Å². The van der Waals surface area contributed by atoms with Gasteiger partial charge in [0.1, 0.15) is 11.5 Å². The number of benzene rings is 2. The molecule has 5 heteroatoms. The fraction of sp³-hybridized carbons (Fsp3) is 0.167. The number of para-hydroxylation sites is 2. The number of aromatic nitrogens is 2. The Morgan fingerprint density at radius 2 is 2.13 bits per heavy atom. The number of nitrogens with zero attached hydrogens (tertiary/aromatic N) is 1. The van der Waals surface area contributed by atoms with Gasteiger partial charge in [-0.1, -0.05) is 18.2 Å². The van der Waals surface area contributed by atoms with Gasteiger partial charge in [-0.15, -0.1) is 0 Å². The summed E-state index contributed by atoms with van der Waals surface area (Å²) in [5.41, 5.74) is 3.04. The summed E-state index contributed by atoms with van der Waals surface area (Å²) >= 11 is 0. The summed E-state index contributed by atoms with van der Waals surface area (Å²) < 4.78 is 16.4. The Morgan fingerprint density at radius 1 is 1.22 bits per heavy atom. The molecule has 2 aromatic carbocycles. The standard InChI is InChI=1S/C18H16N2O3/c1-21-11-22-13-8-6-12-7-9-16(23-17(12)10-13)18-19-14-4-2-3-5-15(14)20-18/h2-6,8-10H,7,11H2,1H3,(H,19,20). The monoisotopic (exact) mass is 308 g/mol. The first kappa shape index (κ1) is 13.8. The second-order valence-corrected chi connectivity index (χ2v) is 5.30. The van der Waals surface area contributed by atoms with Crippen LogP contribution in [0.25, 0.3) is 16.8 Å². The van der Waals surface area contributed by atoms with Crippen LogP contribution in [-0.2, 0) is 11.2 Å². The number of hydrogen-bond donors (Lipinski definition) is 1. The van der Waals surface area contributed by atoms with Gasteiger partial charge in [0.25, 0.3) is 0 Å². The predicted octanol–water partition coefficient (Wildman–Crippen LogP) is 3.52. The van der Waals surface area contributed by atoms with Crippen molar-refractivity contribution in [2.24, 2.45) is 0 Å². The van der Waals surface area contributed by atoms with Gasteiger partial charge in [0.15, 0.2) is 18.4 Å². The van der Waals surface area contributed by atoms with E-state index in [1.165, 1.54) is 0 Å². The molecule has 0 unspecified atom stereocenters. The first-order chi connectivity index (χ1) is 11.3. The van der Waals surface area contributed by atoms with Crippen LogP contribution in [0, 0.1) is 0 Å². The van der Waals surface area contributed by atoms with Gasteiger partial charge in [0, 0.05) is 13.2 Å². The SMILES string of the molecule is COCOc1ccc2c(c1)OC(c1nc3ccccc3[nH]1)=CC2. The second-order valence-electron chi connectivity index (χ2n) is 5.30. The average molecular weight is 308 g/mol. The molecule has 5 nitrogen and oxygen atoms in total. The maximum atomic E-state index is 6.01. The Balaban J connectivity index is 1.62. The molecule has 0 aliphatic carbocycles. The molecule has 4 rings (SSSR count). The van der Waals surface area contributed by atoms with Crippen molar-refractivity contribution in [2.45, 2.75) is 6.42 Å². The molecule has 23 heavy (non-hydrogen) atoms. The lowest BCUT2D eigenvalue weighted by molar-refractivity contribution is 0.0510. The number of ether oxygens (including phenoxy) is 3. The topological polar surface area (TPSA) is 56.4 Å². The third kappa shape index (κ3) is 2.66. The number of allylic oxidation sites excluding steroid dienone is 1. The lowest BCUT2D eigenvalue weighted by atomic mass is 10.1. The van der Waals surface area contributed by atoms with Crippen LogP contribution < -0.4 is 9.47 Å². The third-order valence-corrected chi connectivity index (χ3v) is 3.73. The Kier molecular flexibility index (Phi) is 3.48. The van der Waals surface area contributed by atoms with Crippen molar-refractivity contribution in [3.05, 3.63) is 59.9 Å². The molecule has 1 N–H and O–H groups in total. The molecule has 1 aliphatic heterocycles. The zero-order chi connectivity index (χ0) is 15.6. The molecule has 1 aliphatic rings. The van der Waals surface area contributed by atoms with Gasteiger partial charge in [0.2, 0.25) is 0 Å². The molecule has 3 aromatic rings. The second kappa shape index (κ2) is 5.78. The highest BCUT2D eigenvalue weighted by Gasteiger charge is 2.17. The Labute approximate surface area is 133 Å². The van der Waals surface area contributed by atoms with Gasteiger partial charge in [-0.25, -0.2) is 4.98 Å². The maximum absolute atomic E-state index is 6.01. The van der Waals surface area contributed by atoms with E-state index in [-0.39, 0.29) is 6.79 Å². The summed E-state index contributed by atoms with van der Waals surface area (Å²) in [6.07, 6.45) is 2.84. The Morgan fingerprint density at radius 3 is 3.00 bits per heavy atom. The van der Waals surface area contributed by atoms with Gasteiger partial charge < -0.3 is 19.2 Å². The van der Waals surface area contributed by atoms with Crippen LogP contribution >= 0.6 is 0 Å². The molecular weight excluding hydrogens is 292 g/mol. The number of nitrogens with one attached hydrogen (secondary N) is 1. The number of hydrogen-bond acceptors (Lipinski definition) is 4. The summed E-state index contributed by atoms with van der Waals surface area (Å²) in [5, 5.41) is 0. The summed E-state index contributed by atoms with van der Waals surface area (Å²) in [4.78, 5) is 7.87. The molecule has 0 spiro atoms. The van der Waals surface area contributed by atoms with Crippen LogP contribution in [-0.4, -0.2) is 23.9 Å². The highest BCUT2D eigenvalue weighted by atomic mass is 16.7. The summed E-state index contributed by atoms with van der Waals surface area (Å²) in [7, 11) is 1.59. The Hall–Kier alpha value is -2.79. The van der Waals surface area contributed by atoms with Crippen LogP contribution in [0.1, 0.15) is 11.4 Å². The summed E-state index contributed by atoms with van der Waals surface area (Å²) in [6, 6.07) is 13.7. The van der Waals surface area contributed by atoms with E-state index in [1.54, 1.807) is 7.11 Å². The normalized spacial score (nSPS) is 13.3. The van der Waals surface area contributed by atoms with E-state index in [9.17, 15) is 0 Å². The molecule has 0 radical (unpaired) electrons. The number of imidazole rings is 1. The third-order valence-electron chi connectivity index (χ3n) is 3.73. The van der Waals surface area contributed by atoms with E-state index in [0.29, 0.717) is 0 Å². The van der Waals surface area contributed by atoms with Gasteiger partial charge in [0.05, 0.1) is 11.0 Å². The molecule has 1 aromatic heterocycles. The predicted molar refractivity (Wildman–Crippen MR) is 87.3 cm³/mol. The minimum Gasteiger partial charge on any atom is -0.467 e. The molecule has 0 fully saturated rings. The number of aromatic amines is 1. The molecular formula is C18H16N2O3. The van der Waals surface area contributed by atoms with E-state index in [4.69, 9.17) is 14.2 Å². The van der Waals surface area contributed by atoms with Crippen molar-refractivity contribution in [3.8, 4) is 11.5 Å². The smallest absolute Gasteiger partial charge is 0.188 e. The highest BCUT2D eigenvalue weighted by Crippen LogP contribution is 2.33. The van der Waals surface area contributed by atoms with Crippen molar-refractivity contribution < 1.29 is 14.2 Å². The Bertz CT molecular complexity index is 850.